The number of amides is 1. The van der Waals surface area contributed by atoms with E-state index in [1.807, 2.05) is 91.9 Å². The Morgan fingerprint density at radius 2 is 1.61 bits per heavy atom. The molecule has 1 heterocycles. The maximum Gasteiger partial charge on any atom is 0.341 e. The number of hydrogen-bond acceptors (Lipinski definition) is 5. The van der Waals surface area contributed by atoms with Gasteiger partial charge in [-0.15, -0.1) is 23.1 Å². The third-order valence-corrected chi connectivity index (χ3v) is 7.46. The molecule has 0 radical (unpaired) electrons. The summed E-state index contributed by atoms with van der Waals surface area (Å²) < 4.78 is 6.44. The SMILES string of the molecule is CCCCOC(=O)c1c(NC(=O)C(Sc2ccccc2)c2ccccc2)sc2ccccc12. The molecule has 0 aliphatic carbocycles. The summed E-state index contributed by atoms with van der Waals surface area (Å²) in [5.74, 6) is -0.576. The highest BCUT2D eigenvalue weighted by Crippen LogP contribution is 2.40. The third-order valence-electron chi connectivity index (χ3n) is 5.10. The Hall–Kier alpha value is -3.09. The summed E-state index contributed by atoms with van der Waals surface area (Å²) in [5, 5.41) is 3.90. The number of unbranched alkanes of at least 4 members (excludes halogenated alkanes) is 1. The van der Waals surface area contributed by atoms with Crippen LogP contribution < -0.4 is 5.32 Å². The Bertz CT molecular complexity index is 1220. The van der Waals surface area contributed by atoms with Gasteiger partial charge >= 0.3 is 5.97 Å². The molecule has 0 bridgehead atoms. The second-order valence-electron chi connectivity index (χ2n) is 7.50. The van der Waals surface area contributed by atoms with E-state index >= 15 is 0 Å². The van der Waals surface area contributed by atoms with Gasteiger partial charge in [-0.25, -0.2) is 4.79 Å². The lowest BCUT2D eigenvalue weighted by Crippen LogP contribution is -2.20. The van der Waals surface area contributed by atoms with Crippen LogP contribution in [0.25, 0.3) is 10.1 Å². The molecule has 4 nitrogen and oxygen atoms in total. The number of fused-ring (bicyclic) bond motifs is 1. The van der Waals surface area contributed by atoms with Crippen molar-refractivity contribution in [1.82, 2.24) is 0 Å². The Kier molecular flexibility index (Phi) is 7.81. The van der Waals surface area contributed by atoms with Crippen LogP contribution in [0.5, 0.6) is 0 Å². The molecule has 0 aliphatic rings. The number of ether oxygens (including phenoxy) is 1. The van der Waals surface area contributed by atoms with Crippen LogP contribution in [0.15, 0.2) is 89.8 Å². The van der Waals surface area contributed by atoms with E-state index < -0.39 is 11.2 Å². The normalized spacial score (nSPS) is 11.8. The van der Waals surface area contributed by atoms with Crippen molar-refractivity contribution in [2.24, 2.45) is 0 Å². The lowest BCUT2D eigenvalue weighted by molar-refractivity contribution is -0.115. The van der Waals surface area contributed by atoms with Crippen molar-refractivity contribution in [2.45, 2.75) is 29.9 Å². The number of anilines is 1. The maximum absolute atomic E-state index is 13.6. The molecular weight excluding hydrogens is 450 g/mol. The van der Waals surface area contributed by atoms with Crippen molar-refractivity contribution in [3.05, 3.63) is 96.1 Å². The van der Waals surface area contributed by atoms with Gasteiger partial charge in [0.05, 0.1) is 6.61 Å². The fourth-order valence-electron chi connectivity index (χ4n) is 3.43. The first kappa shape index (κ1) is 23.1. The van der Waals surface area contributed by atoms with E-state index in [1.165, 1.54) is 23.1 Å². The molecule has 1 N–H and O–H groups in total. The van der Waals surface area contributed by atoms with Crippen molar-refractivity contribution in [2.75, 3.05) is 11.9 Å². The van der Waals surface area contributed by atoms with Gasteiger partial charge in [-0.05, 0) is 30.2 Å². The van der Waals surface area contributed by atoms with E-state index in [4.69, 9.17) is 4.74 Å². The molecule has 3 aromatic carbocycles. The molecule has 0 saturated carbocycles. The van der Waals surface area contributed by atoms with Gasteiger partial charge in [0, 0.05) is 15.0 Å². The van der Waals surface area contributed by atoms with Gasteiger partial charge in [0.2, 0.25) is 5.91 Å². The average Bonchev–Trinajstić information content (AvgIpc) is 3.21. The molecule has 1 amide bonds. The maximum atomic E-state index is 13.6. The molecule has 1 aromatic heterocycles. The molecule has 33 heavy (non-hydrogen) atoms. The zero-order valence-corrected chi connectivity index (χ0v) is 20.0. The lowest BCUT2D eigenvalue weighted by Gasteiger charge is -2.17. The Morgan fingerprint density at radius 3 is 2.33 bits per heavy atom. The fraction of sp³-hybridized carbons (Fsp3) is 0.185. The molecule has 168 valence electrons. The number of benzene rings is 3. The molecule has 0 fully saturated rings. The minimum atomic E-state index is -0.470. The minimum Gasteiger partial charge on any atom is -0.462 e. The van der Waals surface area contributed by atoms with E-state index in [-0.39, 0.29) is 5.91 Å². The fourth-order valence-corrected chi connectivity index (χ4v) is 5.57. The molecule has 4 rings (SSSR count). The summed E-state index contributed by atoms with van der Waals surface area (Å²) in [5.41, 5.74) is 1.33. The van der Waals surface area contributed by atoms with Gasteiger partial charge in [0.1, 0.15) is 15.8 Å². The molecule has 1 unspecified atom stereocenters. The van der Waals surface area contributed by atoms with Gasteiger partial charge in [0.25, 0.3) is 0 Å². The monoisotopic (exact) mass is 475 g/mol. The van der Waals surface area contributed by atoms with E-state index in [1.54, 1.807) is 0 Å². The van der Waals surface area contributed by atoms with E-state index in [2.05, 4.69) is 5.32 Å². The van der Waals surface area contributed by atoms with Crippen LogP contribution in [0.1, 0.15) is 40.9 Å². The highest BCUT2D eigenvalue weighted by molar-refractivity contribution is 8.00. The van der Waals surface area contributed by atoms with Crippen molar-refractivity contribution in [3.8, 4) is 0 Å². The van der Waals surface area contributed by atoms with Crippen LogP contribution >= 0.6 is 23.1 Å². The van der Waals surface area contributed by atoms with Crippen molar-refractivity contribution in [3.63, 3.8) is 0 Å². The Labute approximate surface area is 202 Å². The second kappa shape index (κ2) is 11.2. The summed E-state index contributed by atoms with van der Waals surface area (Å²) in [6.07, 6.45) is 1.75. The first-order chi connectivity index (χ1) is 16.2. The predicted molar refractivity (Wildman–Crippen MR) is 137 cm³/mol. The predicted octanol–water partition coefficient (Wildman–Crippen LogP) is 7.33. The molecule has 0 aliphatic heterocycles. The zero-order valence-electron chi connectivity index (χ0n) is 18.3. The van der Waals surface area contributed by atoms with E-state index in [0.717, 1.165) is 33.4 Å². The van der Waals surface area contributed by atoms with Gasteiger partial charge in [-0.3, -0.25) is 4.79 Å². The van der Waals surface area contributed by atoms with Crippen LogP contribution in [0.3, 0.4) is 0 Å². The van der Waals surface area contributed by atoms with Gasteiger partial charge in [0.15, 0.2) is 0 Å². The van der Waals surface area contributed by atoms with Crippen molar-refractivity contribution >= 4 is 50.1 Å². The highest BCUT2D eigenvalue weighted by atomic mass is 32.2. The summed E-state index contributed by atoms with van der Waals surface area (Å²) in [4.78, 5) is 27.5. The largest absolute Gasteiger partial charge is 0.462 e. The molecule has 6 heteroatoms. The van der Waals surface area contributed by atoms with Crippen LogP contribution in [0.2, 0.25) is 0 Å². The number of rotatable bonds is 9. The van der Waals surface area contributed by atoms with Gasteiger partial charge in [-0.2, -0.15) is 0 Å². The standard InChI is InChI=1S/C27H25NO3S2/c1-2-3-18-31-27(30)23-21-16-10-11-17-22(21)33-26(23)28-25(29)24(19-12-6-4-7-13-19)32-20-14-8-5-9-15-20/h4-17,24H,2-3,18H2,1H3,(H,28,29). The number of hydrogen-bond donors (Lipinski definition) is 1. The zero-order chi connectivity index (χ0) is 23.0. The molecule has 0 saturated heterocycles. The summed E-state index contributed by atoms with van der Waals surface area (Å²) in [7, 11) is 0. The first-order valence-corrected chi connectivity index (χ1v) is 12.6. The van der Waals surface area contributed by atoms with Gasteiger partial charge in [-0.1, -0.05) is 80.1 Å². The lowest BCUT2D eigenvalue weighted by atomic mass is 10.1. The summed E-state index contributed by atoms with van der Waals surface area (Å²) in [6.45, 7) is 2.41. The number of thioether (sulfide) groups is 1. The number of thiophene rings is 1. The van der Waals surface area contributed by atoms with E-state index in [9.17, 15) is 9.59 Å². The third kappa shape index (κ3) is 5.64. The van der Waals surface area contributed by atoms with Crippen molar-refractivity contribution in [1.29, 1.82) is 0 Å². The molecular formula is C27H25NO3S2. The van der Waals surface area contributed by atoms with Crippen LogP contribution in [-0.4, -0.2) is 18.5 Å². The topological polar surface area (TPSA) is 55.4 Å². The molecule has 1 atom stereocenters. The number of carbonyl (C=O) groups excluding carboxylic acids is 2. The summed E-state index contributed by atoms with van der Waals surface area (Å²) >= 11 is 2.88. The smallest absolute Gasteiger partial charge is 0.341 e. The van der Waals surface area contributed by atoms with Crippen LogP contribution in [0, 0.1) is 0 Å². The first-order valence-electron chi connectivity index (χ1n) is 10.9. The van der Waals surface area contributed by atoms with Crippen molar-refractivity contribution < 1.29 is 14.3 Å². The quantitative estimate of drug-likeness (QED) is 0.156. The summed E-state index contributed by atoms with van der Waals surface area (Å²) in [6, 6.07) is 27.2. The van der Waals surface area contributed by atoms with Crippen LogP contribution in [-0.2, 0) is 9.53 Å². The van der Waals surface area contributed by atoms with Gasteiger partial charge < -0.3 is 10.1 Å². The molecule has 4 aromatic rings. The average molecular weight is 476 g/mol. The molecule has 0 spiro atoms. The Morgan fingerprint density at radius 1 is 0.939 bits per heavy atom. The number of carbonyl (C=O) groups is 2. The number of esters is 1. The highest BCUT2D eigenvalue weighted by Gasteiger charge is 2.26. The second-order valence-corrected chi connectivity index (χ2v) is 9.73. The minimum absolute atomic E-state index is 0.177. The van der Waals surface area contributed by atoms with E-state index in [0.29, 0.717) is 17.2 Å². The van der Waals surface area contributed by atoms with Crippen LogP contribution in [0.4, 0.5) is 5.00 Å². The Balaban J connectivity index is 1.66. The number of nitrogens with one attached hydrogen (secondary N) is 1.